The van der Waals surface area contributed by atoms with Crippen molar-refractivity contribution in [2.75, 3.05) is 6.79 Å². The zero-order valence-corrected chi connectivity index (χ0v) is 13.0. The van der Waals surface area contributed by atoms with Crippen molar-refractivity contribution < 1.29 is 27.4 Å². The van der Waals surface area contributed by atoms with Crippen LogP contribution in [0.2, 0.25) is 0 Å². The Hall–Kier alpha value is -2.90. The molecule has 0 unspecified atom stereocenters. The number of carbonyl (C=O) groups excluding carboxylic acids is 1. The summed E-state index contributed by atoms with van der Waals surface area (Å²) in [5.41, 5.74) is 0.698. The molecule has 5 nitrogen and oxygen atoms in total. The minimum atomic E-state index is -4.37. The first-order valence-electron chi connectivity index (χ1n) is 7.48. The Bertz CT molecular complexity index is 761. The van der Waals surface area contributed by atoms with Crippen LogP contribution in [-0.4, -0.2) is 12.8 Å². The molecule has 0 bridgehead atoms. The van der Waals surface area contributed by atoms with E-state index in [1.165, 1.54) is 12.1 Å². The van der Waals surface area contributed by atoms with E-state index in [1.54, 1.807) is 12.1 Å². The van der Waals surface area contributed by atoms with E-state index in [4.69, 9.17) is 9.47 Å². The van der Waals surface area contributed by atoms with Crippen molar-refractivity contribution in [1.82, 2.24) is 10.6 Å². The summed E-state index contributed by atoms with van der Waals surface area (Å²) in [5.74, 6) is 1.29. The average Bonchev–Trinajstić information content (AvgIpc) is 3.05. The second-order valence-corrected chi connectivity index (χ2v) is 5.42. The molecule has 8 heteroatoms. The lowest BCUT2D eigenvalue weighted by Gasteiger charge is -2.10. The maximum atomic E-state index is 12.5. The van der Waals surface area contributed by atoms with Crippen LogP contribution in [0.3, 0.4) is 0 Å². The first-order valence-corrected chi connectivity index (χ1v) is 7.48. The van der Waals surface area contributed by atoms with Gasteiger partial charge in [-0.05, 0) is 35.4 Å². The predicted octanol–water partition coefficient (Wildman–Crippen LogP) is 3.43. The van der Waals surface area contributed by atoms with Crippen LogP contribution >= 0.6 is 0 Å². The van der Waals surface area contributed by atoms with Gasteiger partial charge in [0.15, 0.2) is 11.5 Å². The normalized spacial score (nSPS) is 12.8. The second-order valence-electron chi connectivity index (χ2n) is 5.42. The Labute approximate surface area is 141 Å². The van der Waals surface area contributed by atoms with Gasteiger partial charge in [0.05, 0.1) is 5.56 Å². The molecule has 0 aliphatic carbocycles. The fourth-order valence-corrected chi connectivity index (χ4v) is 2.29. The van der Waals surface area contributed by atoms with Gasteiger partial charge in [0.1, 0.15) is 0 Å². The Morgan fingerprint density at radius 3 is 2.20 bits per heavy atom. The topological polar surface area (TPSA) is 59.6 Å². The molecule has 0 fully saturated rings. The van der Waals surface area contributed by atoms with Gasteiger partial charge in [-0.1, -0.05) is 18.2 Å². The zero-order chi connectivity index (χ0) is 17.9. The number of benzene rings is 2. The van der Waals surface area contributed by atoms with Gasteiger partial charge in [-0.3, -0.25) is 0 Å². The largest absolute Gasteiger partial charge is 0.454 e. The molecule has 1 aliphatic rings. The number of rotatable bonds is 4. The summed E-state index contributed by atoms with van der Waals surface area (Å²) in [7, 11) is 0. The summed E-state index contributed by atoms with van der Waals surface area (Å²) in [6.45, 7) is 0.598. The van der Waals surface area contributed by atoms with E-state index in [0.29, 0.717) is 17.1 Å². The molecule has 132 valence electrons. The molecule has 0 saturated heterocycles. The molecule has 0 aromatic heterocycles. The van der Waals surface area contributed by atoms with Crippen LogP contribution in [0, 0.1) is 0 Å². The molecule has 2 aromatic rings. The molecule has 0 radical (unpaired) electrons. The van der Waals surface area contributed by atoms with Crippen molar-refractivity contribution in [2.45, 2.75) is 19.3 Å². The number of carbonyl (C=O) groups is 1. The Morgan fingerprint density at radius 1 is 0.920 bits per heavy atom. The van der Waals surface area contributed by atoms with Crippen LogP contribution in [0.4, 0.5) is 18.0 Å². The van der Waals surface area contributed by atoms with Gasteiger partial charge in [0.2, 0.25) is 6.79 Å². The molecule has 0 atom stereocenters. The van der Waals surface area contributed by atoms with E-state index in [2.05, 4.69) is 10.6 Å². The molecule has 25 heavy (non-hydrogen) atoms. The predicted molar refractivity (Wildman–Crippen MR) is 83.1 cm³/mol. The maximum absolute atomic E-state index is 12.5. The third-order valence-corrected chi connectivity index (χ3v) is 3.62. The number of hydrogen-bond donors (Lipinski definition) is 2. The highest BCUT2D eigenvalue weighted by Crippen LogP contribution is 2.32. The molecule has 2 N–H and O–H groups in total. The van der Waals surface area contributed by atoms with E-state index in [1.807, 2.05) is 6.07 Å². The van der Waals surface area contributed by atoms with Gasteiger partial charge in [-0.15, -0.1) is 0 Å². The monoisotopic (exact) mass is 352 g/mol. The highest BCUT2D eigenvalue weighted by Gasteiger charge is 2.29. The third kappa shape index (κ3) is 4.34. The maximum Gasteiger partial charge on any atom is 0.416 e. The van der Waals surface area contributed by atoms with Crippen molar-refractivity contribution in [3.05, 3.63) is 59.2 Å². The van der Waals surface area contributed by atoms with E-state index >= 15 is 0 Å². The standard InChI is InChI=1S/C17H15F3N2O3/c18-17(19,20)13-4-1-11(2-5-13)8-21-16(23)22-9-12-3-6-14-15(7-12)25-10-24-14/h1-7H,8-10H2,(H2,21,22,23). The number of fused-ring (bicyclic) bond motifs is 1. The van der Waals surface area contributed by atoms with Gasteiger partial charge in [0.25, 0.3) is 0 Å². The van der Waals surface area contributed by atoms with Crippen LogP contribution in [-0.2, 0) is 19.3 Å². The number of hydrogen-bond acceptors (Lipinski definition) is 3. The number of amides is 2. The van der Waals surface area contributed by atoms with Crippen molar-refractivity contribution in [3.8, 4) is 11.5 Å². The second kappa shape index (κ2) is 6.92. The first-order chi connectivity index (χ1) is 11.9. The van der Waals surface area contributed by atoms with Crippen LogP contribution in [0.1, 0.15) is 16.7 Å². The Balaban J connectivity index is 1.46. The van der Waals surface area contributed by atoms with Crippen LogP contribution < -0.4 is 20.1 Å². The first kappa shape index (κ1) is 16.9. The lowest BCUT2D eigenvalue weighted by Crippen LogP contribution is -2.34. The highest BCUT2D eigenvalue weighted by molar-refractivity contribution is 5.73. The SMILES string of the molecule is O=C(NCc1ccc(C(F)(F)F)cc1)NCc1ccc2c(c1)OCO2. The summed E-state index contributed by atoms with van der Waals surface area (Å²) in [6, 6.07) is 9.57. The van der Waals surface area contributed by atoms with E-state index in [0.717, 1.165) is 17.7 Å². The lowest BCUT2D eigenvalue weighted by molar-refractivity contribution is -0.137. The van der Waals surface area contributed by atoms with E-state index in [9.17, 15) is 18.0 Å². The third-order valence-electron chi connectivity index (χ3n) is 3.62. The van der Waals surface area contributed by atoms with Gasteiger partial charge in [-0.2, -0.15) is 13.2 Å². The minimum absolute atomic E-state index is 0.130. The van der Waals surface area contributed by atoms with Gasteiger partial charge >= 0.3 is 12.2 Å². The molecule has 2 amide bonds. The summed E-state index contributed by atoms with van der Waals surface area (Å²) in [6.07, 6.45) is -4.37. The van der Waals surface area contributed by atoms with Crippen LogP contribution in [0.15, 0.2) is 42.5 Å². The zero-order valence-electron chi connectivity index (χ0n) is 13.0. The minimum Gasteiger partial charge on any atom is -0.454 e. The molecule has 0 saturated carbocycles. The van der Waals surface area contributed by atoms with Crippen molar-refractivity contribution in [3.63, 3.8) is 0 Å². The van der Waals surface area contributed by atoms with E-state index < -0.39 is 17.8 Å². The number of ether oxygens (including phenoxy) is 2. The molecular formula is C17H15F3N2O3. The molecular weight excluding hydrogens is 337 g/mol. The number of alkyl halides is 3. The molecule has 2 aromatic carbocycles. The van der Waals surface area contributed by atoms with Gasteiger partial charge < -0.3 is 20.1 Å². The van der Waals surface area contributed by atoms with Crippen molar-refractivity contribution >= 4 is 6.03 Å². The smallest absolute Gasteiger partial charge is 0.416 e. The summed E-state index contributed by atoms with van der Waals surface area (Å²) in [4.78, 5) is 11.8. The lowest BCUT2D eigenvalue weighted by atomic mass is 10.1. The highest BCUT2D eigenvalue weighted by atomic mass is 19.4. The Kier molecular flexibility index (Phi) is 4.69. The fraction of sp³-hybridized carbons (Fsp3) is 0.235. The average molecular weight is 352 g/mol. The molecule has 3 rings (SSSR count). The molecule has 0 spiro atoms. The quantitative estimate of drug-likeness (QED) is 0.886. The van der Waals surface area contributed by atoms with Crippen molar-refractivity contribution in [1.29, 1.82) is 0 Å². The van der Waals surface area contributed by atoms with E-state index in [-0.39, 0.29) is 19.9 Å². The van der Waals surface area contributed by atoms with Crippen LogP contribution in [0.5, 0.6) is 11.5 Å². The number of halogens is 3. The van der Waals surface area contributed by atoms with Crippen molar-refractivity contribution in [2.24, 2.45) is 0 Å². The summed E-state index contributed by atoms with van der Waals surface area (Å²) >= 11 is 0. The number of urea groups is 1. The fourth-order valence-electron chi connectivity index (χ4n) is 2.29. The molecule has 1 heterocycles. The Morgan fingerprint density at radius 2 is 1.52 bits per heavy atom. The van der Waals surface area contributed by atoms with Gasteiger partial charge in [0, 0.05) is 13.1 Å². The van der Waals surface area contributed by atoms with Gasteiger partial charge in [-0.25, -0.2) is 4.79 Å². The number of nitrogens with one attached hydrogen (secondary N) is 2. The summed E-state index contributed by atoms with van der Waals surface area (Å²) in [5, 5.41) is 5.26. The summed E-state index contributed by atoms with van der Waals surface area (Å²) < 4.78 is 47.9. The van der Waals surface area contributed by atoms with Crippen LogP contribution in [0.25, 0.3) is 0 Å². The molecule has 1 aliphatic heterocycles.